The highest BCUT2D eigenvalue weighted by Gasteiger charge is 2.42. The minimum absolute atomic E-state index is 0.577. The SMILES string of the molecule is Cc1ccccc1C[C@]1(C(=O)O)CCCN(Cc2ccccn2)C1. The van der Waals surface area contributed by atoms with E-state index in [1.807, 2.05) is 30.3 Å². The molecule has 0 radical (unpaired) electrons. The molecule has 0 saturated carbocycles. The van der Waals surface area contributed by atoms with Gasteiger partial charge in [0.1, 0.15) is 0 Å². The molecule has 0 aliphatic carbocycles. The molecule has 4 nitrogen and oxygen atoms in total. The van der Waals surface area contributed by atoms with Crippen molar-refractivity contribution in [2.24, 2.45) is 5.41 Å². The molecule has 0 amide bonds. The van der Waals surface area contributed by atoms with Crippen LogP contribution in [0.25, 0.3) is 0 Å². The van der Waals surface area contributed by atoms with E-state index in [1.54, 1.807) is 6.20 Å². The van der Waals surface area contributed by atoms with Crippen LogP contribution in [0.4, 0.5) is 0 Å². The van der Waals surface area contributed by atoms with E-state index in [0.29, 0.717) is 19.5 Å². The summed E-state index contributed by atoms with van der Waals surface area (Å²) in [4.78, 5) is 18.8. The molecule has 2 aromatic rings. The highest BCUT2D eigenvalue weighted by Crippen LogP contribution is 2.35. The van der Waals surface area contributed by atoms with Crippen molar-refractivity contribution in [3.05, 3.63) is 65.5 Å². The third-order valence-corrected chi connectivity index (χ3v) is 5.01. The van der Waals surface area contributed by atoms with Crippen LogP contribution in [0, 0.1) is 12.3 Å². The van der Waals surface area contributed by atoms with E-state index >= 15 is 0 Å². The van der Waals surface area contributed by atoms with Crippen LogP contribution < -0.4 is 0 Å². The van der Waals surface area contributed by atoms with E-state index in [1.165, 1.54) is 5.56 Å². The van der Waals surface area contributed by atoms with E-state index in [0.717, 1.165) is 30.6 Å². The monoisotopic (exact) mass is 324 g/mol. The molecule has 1 N–H and O–H groups in total. The first-order valence-corrected chi connectivity index (χ1v) is 8.49. The summed E-state index contributed by atoms with van der Waals surface area (Å²) in [6.45, 7) is 4.27. The van der Waals surface area contributed by atoms with E-state index in [-0.39, 0.29) is 0 Å². The van der Waals surface area contributed by atoms with Crippen molar-refractivity contribution in [2.75, 3.05) is 13.1 Å². The normalized spacial score (nSPS) is 21.5. The number of nitrogens with zero attached hydrogens (tertiary/aromatic N) is 2. The zero-order valence-corrected chi connectivity index (χ0v) is 14.1. The van der Waals surface area contributed by atoms with Crippen molar-refractivity contribution in [2.45, 2.75) is 32.7 Å². The fourth-order valence-corrected chi connectivity index (χ4v) is 3.65. The van der Waals surface area contributed by atoms with Crippen molar-refractivity contribution < 1.29 is 9.90 Å². The number of aliphatic carboxylic acids is 1. The van der Waals surface area contributed by atoms with Gasteiger partial charge in [0.05, 0.1) is 11.1 Å². The molecule has 1 aliphatic heterocycles. The number of carboxylic acids is 1. The summed E-state index contributed by atoms with van der Waals surface area (Å²) in [6.07, 6.45) is 4.02. The van der Waals surface area contributed by atoms with Crippen LogP contribution in [-0.4, -0.2) is 34.0 Å². The third kappa shape index (κ3) is 3.65. The number of hydrogen-bond acceptors (Lipinski definition) is 3. The van der Waals surface area contributed by atoms with Gasteiger partial charge in [0, 0.05) is 19.3 Å². The Morgan fingerprint density at radius 1 is 1.25 bits per heavy atom. The van der Waals surface area contributed by atoms with Crippen LogP contribution >= 0.6 is 0 Å². The molecule has 0 spiro atoms. The molecule has 1 atom stereocenters. The van der Waals surface area contributed by atoms with Crippen LogP contribution in [0.1, 0.15) is 29.7 Å². The van der Waals surface area contributed by atoms with E-state index in [9.17, 15) is 9.90 Å². The largest absolute Gasteiger partial charge is 0.481 e. The second-order valence-electron chi connectivity index (χ2n) is 6.82. The number of piperidine rings is 1. The van der Waals surface area contributed by atoms with Crippen LogP contribution in [-0.2, 0) is 17.8 Å². The Morgan fingerprint density at radius 3 is 2.75 bits per heavy atom. The molecular formula is C20H24N2O2. The zero-order valence-electron chi connectivity index (χ0n) is 14.1. The molecular weight excluding hydrogens is 300 g/mol. The van der Waals surface area contributed by atoms with Crippen molar-refractivity contribution in [3.8, 4) is 0 Å². The van der Waals surface area contributed by atoms with Crippen molar-refractivity contribution in [1.29, 1.82) is 0 Å². The molecule has 1 saturated heterocycles. The number of pyridine rings is 1. The number of likely N-dealkylation sites (tertiary alicyclic amines) is 1. The van der Waals surface area contributed by atoms with Crippen LogP contribution in [0.15, 0.2) is 48.7 Å². The van der Waals surface area contributed by atoms with Gasteiger partial charge in [-0.05, 0) is 56.0 Å². The third-order valence-electron chi connectivity index (χ3n) is 5.01. The number of aryl methyl sites for hydroxylation is 1. The molecule has 3 rings (SSSR count). The van der Waals surface area contributed by atoms with Crippen molar-refractivity contribution in [1.82, 2.24) is 9.88 Å². The van der Waals surface area contributed by atoms with Crippen molar-refractivity contribution in [3.63, 3.8) is 0 Å². The van der Waals surface area contributed by atoms with E-state index < -0.39 is 11.4 Å². The molecule has 126 valence electrons. The molecule has 1 aromatic carbocycles. The maximum Gasteiger partial charge on any atom is 0.311 e. The van der Waals surface area contributed by atoms with Gasteiger partial charge in [0.25, 0.3) is 0 Å². The molecule has 1 aromatic heterocycles. The van der Waals surface area contributed by atoms with Gasteiger partial charge in [-0.2, -0.15) is 0 Å². The molecule has 1 fully saturated rings. The maximum atomic E-state index is 12.1. The van der Waals surface area contributed by atoms with Crippen molar-refractivity contribution >= 4 is 5.97 Å². The fourth-order valence-electron chi connectivity index (χ4n) is 3.65. The van der Waals surface area contributed by atoms with E-state index in [2.05, 4.69) is 28.9 Å². The molecule has 4 heteroatoms. The summed E-state index contributed by atoms with van der Waals surface area (Å²) in [7, 11) is 0. The van der Waals surface area contributed by atoms with Crippen LogP contribution in [0.5, 0.6) is 0 Å². The van der Waals surface area contributed by atoms with Crippen LogP contribution in [0.2, 0.25) is 0 Å². The number of benzene rings is 1. The number of carboxylic acid groups (broad SMARTS) is 1. The number of carbonyl (C=O) groups is 1. The Hall–Kier alpha value is -2.20. The average Bonchev–Trinajstić information content (AvgIpc) is 2.58. The Bertz CT molecular complexity index is 702. The summed E-state index contributed by atoms with van der Waals surface area (Å²) in [6, 6.07) is 14.0. The molecule has 2 heterocycles. The van der Waals surface area contributed by atoms with Gasteiger partial charge in [-0.25, -0.2) is 0 Å². The lowest BCUT2D eigenvalue weighted by molar-refractivity contribution is -0.152. The van der Waals surface area contributed by atoms with Gasteiger partial charge in [-0.1, -0.05) is 30.3 Å². The number of rotatable bonds is 5. The first-order valence-electron chi connectivity index (χ1n) is 8.49. The Labute approximate surface area is 143 Å². The highest BCUT2D eigenvalue weighted by molar-refractivity contribution is 5.75. The topological polar surface area (TPSA) is 53.4 Å². The molecule has 1 aliphatic rings. The summed E-state index contributed by atoms with van der Waals surface area (Å²) in [5, 5.41) is 9.98. The number of hydrogen-bond donors (Lipinski definition) is 1. The lowest BCUT2D eigenvalue weighted by Crippen LogP contribution is -2.48. The summed E-state index contributed by atoms with van der Waals surface area (Å²) in [5.41, 5.74) is 2.59. The predicted molar refractivity (Wildman–Crippen MR) is 93.7 cm³/mol. The lowest BCUT2D eigenvalue weighted by atomic mass is 9.74. The van der Waals surface area contributed by atoms with Gasteiger partial charge in [0.2, 0.25) is 0 Å². The quantitative estimate of drug-likeness (QED) is 0.917. The van der Waals surface area contributed by atoms with Gasteiger partial charge >= 0.3 is 5.97 Å². The summed E-state index contributed by atoms with van der Waals surface area (Å²) < 4.78 is 0. The second kappa shape index (κ2) is 7.14. The highest BCUT2D eigenvalue weighted by atomic mass is 16.4. The van der Waals surface area contributed by atoms with Gasteiger partial charge in [-0.3, -0.25) is 14.7 Å². The predicted octanol–water partition coefficient (Wildman–Crippen LogP) is 3.30. The van der Waals surface area contributed by atoms with Gasteiger partial charge in [-0.15, -0.1) is 0 Å². The Morgan fingerprint density at radius 2 is 2.04 bits per heavy atom. The lowest BCUT2D eigenvalue weighted by Gasteiger charge is -2.40. The maximum absolute atomic E-state index is 12.1. The van der Waals surface area contributed by atoms with Gasteiger partial charge < -0.3 is 5.11 Å². The Kier molecular flexibility index (Phi) is 4.95. The molecule has 0 unspecified atom stereocenters. The van der Waals surface area contributed by atoms with Gasteiger partial charge in [0.15, 0.2) is 0 Å². The minimum Gasteiger partial charge on any atom is -0.481 e. The van der Waals surface area contributed by atoms with E-state index in [4.69, 9.17) is 0 Å². The first kappa shape index (κ1) is 16.7. The number of aromatic nitrogens is 1. The standard InChI is InChI=1S/C20H24N2O2/c1-16-7-2-3-8-17(16)13-20(19(23)24)10-6-12-22(15-20)14-18-9-4-5-11-21-18/h2-5,7-9,11H,6,10,12-15H2,1H3,(H,23,24)/t20-/m1/s1. The molecule has 0 bridgehead atoms. The fraction of sp³-hybridized carbons (Fsp3) is 0.400. The minimum atomic E-state index is -0.709. The first-order chi connectivity index (χ1) is 11.6. The average molecular weight is 324 g/mol. The second-order valence-corrected chi connectivity index (χ2v) is 6.82. The smallest absolute Gasteiger partial charge is 0.311 e. The summed E-state index contributed by atoms with van der Waals surface area (Å²) in [5.74, 6) is -0.684. The van der Waals surface area contributed by atoms with Crippen LogP contribution in [0.3, 0.4) is 0 Å². The zero-order chi connectivity index (χ0) is 17.0. The summed E-state index contributed by atoms with van der Waals surface area (Å²) >= 11 is 0. The Balaban J connectivity index is 1.79. The molecule has 24 heavy (non-hydrogen) atoms.